The minimum atomic E-state index is -0.592. The Morgan fingerprint density at radius 2 is 2.00 bits per heavy atom. The molecule has 0 saturated carbocycles. The maximum Gasteiger partial charge on any atom is 0.325 e. The summed E-state index contributed by atoms with van der Waals surface area (Å²) in [7, 11) is 1.31. The maximum absolute atomic E-state index is 12.4. The second-order valence-corrected chi connectivity index (χ2v) is 5.63. The lowest BCUT2D eigenvalue weighted by molar-refractivity contribution is -0.147. The van der Waals surface area contributed by atoms with E-state index in [-0.39, 0.29) is 12.5 Å². The van der Waals surface area contributed by atoms with Crippen LogP contribution in [-0.2, 0) is 20.9 Å². The molecule has 0 unspecified atom stereocenters. The highest BCUT2D eigenvalue weighted by atomic mass is 32.2. The maximum atomic E-state index is 12.4. The predicted octanol–water partition coefficient (Wildman–Crippen LogP) is 1.27. The van der Waals surface area contributed by atoms with Crippen molar-refractivity contribution >= 4 is 23.6 Å². The van der Waals surface area contributed by atoms with E-state index >= 15 is 0 Å². The molecule has 0 aliphatic carbocycles. The molecule has 116 valence electrons. The Bertz CT molecular complexity index is 453. The standard InChI is InChI=1S/C15H22N2O3S/c1-20-14(18)11-17(10-12-6-4-3-5-7-12)15(19)13(16)8-9-21-2/h3-7,13H,8-11,16H2,1-2H3/t13-/m0/s1. The van der Waals surface area contributed by atoms with E-state index in [1.54, 1.807) is 11.8 Å². The highest BCUT2D eigenvalue weighted by molar-refractivity contribution is 7.98. The van der Waals surface area contributed by atoms with Gasteiger partial charge >= 0.3 is 5.97 Å². The summed E-state index contributed by atoms with van der Waals surface area (Å²) in [6.07, 6.45) is 2.56. The average Bonchev–Trinajstić information content (AvgIpc) is 2.52. The number of methoxy groups -OCH3 is 1. The zero-order chi connectivity index (χ0) is 15.7. The van der Waals surface area contributed by atoms with E-state index in [1.165, 1.54) is 12.0 Å². The number of hydrogen-bond acceptors (Lipinski definition) is 5. The van der Waals surface area contributed by atoms with E-state index < -0.39 is 12.0 Å². The van der Waals surface area contributed by atoms with E-state index in [0.29, 0.717) is 13.0 Å². The molecule has 0 heterocycles. The summed E-state index contributed by atoms with van der Waals surface area (Å²) in [6.45, 7) is 0.263. The van der Waals surface area contributed by atoms with Crippen molar-refractivity contribution in [1.29, 1.82) is 0 Å². The average molecular weight is 310 g/mol. The Morgan fingerprint density at radius 3 is 2.57 bits per heavy atom. The molecule has 0 aromatic heterocycles. The molecule has 0 spiro atoms. The topological polar surface area (TPSA) is 72.6 Å². The first-order valence-electron chi connectivity index (χ1n) is 6.72. The van der Waals surface area contributed by atoms with Crippen molar-refractivity contribution in [2.24, 2.45) is 5.73 Å². The molecule has 0 radical (unpaired) electrons. The quantitative estimate of drug-likeness (QED) is 0.732. The fourth-order valence-corrected chi connectivity index (χ4v) is 2.33. The smallest absolute Gasteiger partial charge is 0.325 e. The van der Waals surface area contributed by atoms with Gasteiger partial charge in [-0.05, 0) is 24.0 Å². The first kappa shape index (κ1) is 17.5. The number of hydrogen-bond donors (Lipinski definition) is 1. The van der Waals surface area contributed by atoms with Crippen molar-refractivity contribution in [2.45, 2.75) is 19.0 Å². The first-order valence-corrected chi connectivity index (χ1v) is 8.12. The van der Waals surface area contributed by atoms with E-state index in [9.17, 15) is 9.59 Å². The third-order valence-corrected chi connectivity index (χ3v) is 3.67. The van der Waals surface area contributed by atoms with Gasteiger partial charge in [0.05, 0.1) is 13.2 Å². The predicted molar refractivity (Wildman–Crippen MR) is 84.8 cm³/mol. The van der Waals surface area contributed by atoms with Gasteiger partial charge in [0, 0.05) is 6.54 Å². The monoisotopic (exact) mass is 310 g/mol. The number of amides is 1. The normalized spacial score (nSPS) is 11.8. The fraction of sp³-hybridized carbons (Fsp3) is 0.467. The largest absolute Gasteiger partial charge is 0.468 e. The van der Waals surface area contributed by atoms with Gasteiger partial charge in [-0.3, -0.25) is 9.59 Å². The molecule has 0 fully saturated rings. The first-order chi connectivity index (χ1) is 10.1. The van der Waals surface area contributed by atoms with Gasteiger partial charge in [0.2, 0.25) is 5.91 Å². The molecule has 0 aliphatic rings. The van der Waals surface area contributed by atoms with Crippen LogP contribution >= 0.6 is 11.8 Å². The highest BCUT2D eigenvalue weighted by Crippen LogP contribution is 2.08. The molecule has 5 nitrogen and oxygen atoms in total. The summed E-state index contributed by atoms with van der Waals surface area (Å²) in [5, 5.41) is 0. The SMILES string of the molecule is COC(=O)CN(Cc1ccccc1)C(=O)[C@@H](N)CCSC. The van der Waals surface area contributed by atoms with E-state index in [0.717, 1.165) is 11.3 Å². The summed E-state index contributed by atoms with van der Waals surface area (Å²) >= 11 is 1.64. The Hall–Kier alpha value is -1.53. The molecular weight excluding hydrogens is 288 g/mol. The number of nitrogens with two attached hydrogens (primary N) is 1. The summed E-state index contributed by atoms with van der Waals surface area (Å²) in [6, 6.07) is 8.91. The third-order valence-electron chi connectivity index (χ3n) is 3.03. The van der Waals surface area contributed by atoms with Crippen LogP contribution in [0.4, 0.5) is 0 Å². The van der Waals surface area contributed by atoms with Crippen LogP contribution in [0.2, 0.25) is 0 Å². The number of rotatable bonds is 8. The van der Waals surface area contributed by atoms with Crippen LogP contribution in [0.3, 0.4) is 0 Å². The van der Waals surface area contributed by atoms with Crippen LogP contribution in [0.25, 0.3) is 0 Å². The molecule has 0 saturated heterocycles. The van der Waals surface area contributed by atoms with Crippen LogP contribution in [-0.4, -0.2) is 48.5 Å². The van der Waals surface area contributed by atoms with Gasteiger partial charge in [-0.2, -0.15) is 11.8 Å². The van der Waals surface area contributed by atoms with Crippen molar-refractivity contribution in [3.63, 3.8) is 0 Å². The number of thioether (sulfide) groups is 1. The Kier molecular flexibility index (Phi) is 7.85. The molecule has 1 rings (SSSR count). The minimum Gasteiger partial charge on any atom is -0.468 e. The van der Waals surface area contributed by atoms with Crippen LogP contribution in [0.5, 0.6) is 0 Å². The van der Waals surface area contributed by atoms with Crippen molar-refractivity contribution < 1.29 is 14.3 Å². The van der Waals surface area contributed by atoms with Gasteiger partial charge < -0.3 is 15.4 Å². The lowest BCUT2D eigenvalue weighted by atomic mass is 10.1. The number of carbonyl (C=O) groups is 2. The van der Waals surface area contributed by atoms with Crippen molar-refractivity contribution in [3.05, 3.63) is 35.9 Å². The van der Waals surface area contributed by atoms with Gasteiger partial charge in [0.15, 0.2) is 0 Å². The lowest BCUT2D eigenvalue weighted by Gasteiger charge is -2.24. The molecule has 1 atom stereocenters. The number of carbonyl (C=O) groups excluding carboxylic acids is 2. The number of ether oxygens (including phenoxy) is 1. The molecule has 0 aliphatic heterocycles. The van der Waals surface area contributed by atoms with Crippen LogP contribution < -0.4 is 5.73 Å². The highest BCUT2D eigenvalue weighted by Gasteiger charge is 2.23. The van der Waals surface area contributed by atoms with Crippen molar-refractivity contribution in [3.8, 4) is 0 Å². The molecule has 0 bridgehead atoms. The molecule has 1 aromatic rings. The summed E-state index contributed by atoms with van der Waals surface area (Å²) in [4.78, 5) is 25.3. The van der Waals surface area contributed by atoms with Gasteiger partial charge in [-0.15, -0.1) is 0 Å². The van der Waals surface area contributed by atoms with Gasteiger partial charge in [-0.1, -0.05) is 30.3 Å². The van der Waals surface area contributed by atoms with E-state index in [4.69, 9.17) is 5.73 Å². The molecule has 21 heavy (non-hydrogen) atoms. The third kappa shape index (κ3) is 6.18. The van der Waals surface area contributed by atoms with Gasteiger partial charge in [0.1, 0.15) is 6.54 Å². The summed E-state index contributed by atoms with van der Waals surface area (Å²) < 4.78 is 4.65. The molecule has 2 N–H and O–H groups in total. The van der Waals surface area contributed by atoms with Crippen molar-refractivity contribution in [2.75, 3.05) is 25.7 Å². The van der Waals surface area contributed by atoms with Crippen molar-refractivity contribution in [1.82, 2.24) is 4.90 Å². The fourth-order valence-electron chi connectivity index (χ4n) is 1.84. The Labute approximate surface area is 129 Å². The van der Waals surface area contributed by atoms with Crippen LogP contribution in [0.15, 0.2) is 30.3 Å². The summed E-state index contributed by atoms with van der Waals surface area (Å²) in [5.41, 5.74) is 6.87. The summed E-state index contributed by atoms with van der Waals surface area (Å²) in [5.74, 6) is 0.138. The molecule has 6 heteroatoms. The van der Waals surface area contributed by atoms with Crippen LogP contribution in [0.1, 0.15) is 12.0 Å². The van der Waals surface area contributed by atoms with Crippen LogP contribution in [0, 0.1) is 0 Å². The molecule has 1 aromatic carbocycles. The zero-order valence-electron chi connectivity index (χ0n) is 12.5. The zero-order valence-corrected chi connectivity index (χ0v) is 13.3. The molecular formula is C15H22N2O3S. The number of nitrogens with zero attached hydrogens (tertiary/aromatic N) is 1. The number of benzene rings is 1. The second kappa shape index (κ2) is 9.41. The van der Waals surface area contributed by atoms with E-state index in [1.807, 2.05) is 36.6 Å². The van der Waals surface area contributed by atoms with Gasteiger partial charge in [-0.25, -0.2) is 0 Å². The van der Waals surface area contributed by atoms with Gasteiger partial charge in [0.25, 0.3) is 0 Å². The lowest BCUT2D eigenvalue weighted by Crippen LogP contribution is -2.45. The number of esters is 1. The minimum absolute atomic E-state index is 0.0861. The second-order valence-electron chi connectivity index (χ2n) is 4.64. The Morgan fingerprint density at radius 1 is 1.33 bits per heavy atom. The molecule has 1 amide bonds. The van der Waals surface area contributed by atoms with E-state index in [2.05, 4.69) is 4.74 Å². The Balaban J connectivity index is 2.76.